The Kier molecular flexibility index (Phi) is 4.53. The van der Waals surface area contributed by atoms with Crippen LogP contribution in [-0.4, -0.2) is 11.6 Å². The third-order valence-corrected chi connectivity index (χ3v) is 4.58. The maximum atomic E-state index is 13.0. The number of ketones is 2. The summed E-state index contributed by atoms with van der Waals surface area (Å²) < 4.78 is 26.1. The lowest BCUT2D eigenvalue weighted by atomic mass is 9.97. The van der Waals surface area contributed by atoms with Crippen LogP contribution in [0.5, 0.6) is 0 Å². The van der Waals surface area contributed by atoms with Gasteiger partial charge in [-0.15, -0.1) is 0 Å². The molecule has 0 atom stereocenters. The van der Waals surface area contributed by atoms with Crippen molar-refractivity contribution in [3.05, 3.63) is 119 Å². The number of fused-ring (bicyclic) bond motifs is 1. The Morgan fingerprint density at radius 2 is 0.786 bits per heavy atom. The van der Waals surface area contributed by atoms with E-state index in [2.05, 4.69) is 0 Å². The van der Waals surface area contributed by atoms with Crippen LogP contribution >= 0.6 is 0 Å². The molecular weight excluding hydrogens is 358 g/mol. The molecule has 0 spiro atoms. The van der Waals surface area contributed by atoms with Gasteiger partial charge in [0.1, 0.15) is 11.6 Å². The van der Waals surface area contributed by atoms with Crippen LogP contribution in [0.4, 0.5) is 8.78 Å². The van der Waals surface area contributed by atoms with Crippen molar-refractivity contribution >= 4 is 22.3 Å². The van der Waals surface area contributed by atoms with Gasteiger partial charge in [0, 0.05) is 22.3 Å². The van der Waals surface area contributed by atoms with Crippen LogP contribution in [0.15, 0.2) is 84.9 Å². The summed E-state index contributed by atoms with van der Waals surface area (Å²) in [6.07, 6.45) is 0. The van der Waals surface area contributed by atoms with Crippen molar-refractivity contribution in [2.45, 2.75) is 0 Å². The molecule has 4 aromatic carbocycles. The lowest BCUT2D eigenvalue weighted by molar-refractivity contribution is 0.103. The van der Waals surface area contributed by atoms with Crippen molar-refractivity contribution in [1.29, 1.82) is 0 Å². The molecule has 28 heavy (non-hydrogen) atoms. The fourth-order valence-corrected chi connectivity index (χ4v) is 3.06. The number of hydrogen-bond acceptors (Lipinski definition) is 2. The van der Waals surface area contributed by atoms with Crippen LogP contribution in [0.2, 0.25) is 0 Å². The van der Waals surface area contributed by atoms with E-state index in [9.17, 15) is 18.4 Å². The van der Waals surface area contributed by atoms with Gasteiger partial charge in [0.25, 0.3) is 0 Å². The fraction of sp³-hybridized carbons (Fsp3) is 0. The minimum absolute atomic E-state index is 0.201. The van der Waals surface area contributed by atoms with Crippen LogP contribution in [0, 0.1) is 11.6 Å². The molecule has 0 unspecified atom stereocenters. The van der Waals surface area contributed by atoms with Crippen LogP contribution < -0.4 is 0 Å². The number of carbonyl (C=O) groups excluding carboxylic acids is 2. The van der Waals surface area contributed by atoms with Gasteiger partial charge >= 0.3 is 0 Å². The second kappa shape index (κ2) is 7.16. The highest BCUT2D eigenvalue weighted by Gasteiger charge is 2.12. The molecule has 4 aromatic rings. The molecule has 0 fully saturated rings. The highest BCUT2D eigenvalue weighted by molar-refractivity contribution is 6.12. The summed E-state index contributed by atoms with van der Waals surface area (Å²) in [5.74, 6) is -1.19. The molecule has 0 aromatic heterocycles. The highest BCUT2D eigenvalue weighted by Crippen LogP contribution is 2.22. The highest BCUT2D eigenvalue weighted by atomic mass is 19.1. The zero-order valence-corrected chi connectivity index (χ0v) is 14.7. The van der Waals surface area contributed by atoms with Crippen molar-refractivity contribution in [2.75, 3.05) is 0 Å². The first-order valence-electron chi connectivity index (χ1n) is 8.66. The van der Waals surface area contributed by atoms with E-state index in [1.54, 1.807) is 36.4 Å². The first-order chi connectivity index (χ1) is 13.5. The molecule has 0 aliphatic heterocycles. The zero-order chi connectivity index (χ0) is 19.7. The van der Waals surface area contributed by atoms with Gasteiger partial charge in [-0.25, -0.2) is 8.78 Å². The molecule has 0 saturated heterocycles. The first kappa shape index (κ1) is 17.7. The van der Waals surface area contributed by atoms with Crippen LogP contribution in [0.3, 0.4) is 0 Å². The maximum Gasteiger partial charge on any atom is 0.193 e. The molecule has 0 aliphatic rings. The molecular formula is C24H14F2O2. The van der Waals surface area contributed by atoms with Gasteiger partial charge < -0.3 is 0 Å². The fourth-order valence-electron chi connectivity index (χ4n) is 3.06. The van der Waals surface area contributed by atoms with E-state index in [-0.39, 0.29) is 11.6 Å². The van der Waals surface area contributed by atoms with E-state index >= 15 is 0 Å². The average Bonchev–Trinajstić information content (AvgIpc) is 2.73. The zero-order valence-electron chi connectivity index (χ0n) is 14.7. The van der Waals surface area contributed by atoms with Crippen LogP contribution in [0.25, 0.3) is 10.8 Å². The summed E-state index contributed by atoms with van der Waals surface area (Å²) in [6, 6.07) is 21.2. The standard InChI is InChI=1S/C24H14F2O2/c25-21-9-5-15(6-10-21)23(27)19-3-1-17-13-20(4-2-18(17)14-19)24(28)16-7-11-22(26)12-8-16/h1-14H. The molecule has 0 aliphatic carbocycles. The first-order valence-corrected chi connectivity index (χ1v) is 8.66. The lowest BCUT2D eigenvalue weighted by Gasteiger charge is -2.06. The predicted octanol–water partition coefficient (Wildman–Crippen LogP) is 5.58. The Balaban J connectivity index is 1.65. The largest absolute Gasteiger partial charge is 0.289 e. The summed E-state index contributed by atoms with van der Waals surface area (Å²) in [6.45, 7) is 0. The van der Waals surface area contributed by atoms with Gasteiger partial charge in [-0.2, -0.15) is 0 Å². The van der Waals surface area contributed by atoms with Crippen molar-refractivity contribution in [2.24, 2.45) is 0 Å². The van der Waals surface area contributed by atoms with E-state index in [1.807, 2.05) is 0 Å². The molecule has 0 heterocycles. The van der Waals surface area contributed by atoms with Gasteiger partial charge in [-0.05, 0) is 71.4 Å². The summed E-state index contributed by atoms with van der Waals surface area (Å²) in [7, 11) is 0. The number of rotatable bonds is 4. The van der Waals surface area contributed by atoms with Crippen molar-refractivity contribution < 1.29 is 18.4 Å². The molecule has 0 radical (unpaired) electrons. The van der Waals surface area contributed by atoms with E-state index in [1.165, 1.54) is 48.5 Å². The van der Waals surface area contributed by atoms with Gasteiger partial charge in [0.15, 0.2) is 11.6 Å². The summed E-state index contributed by atoms with van der Waals surface area (Å²) in [5, 5.41) is 1.62. The monoisotopic (exact) mass is 372 g/mol. The predicted molar refractivity (Wildman–Crippen MR) is 104 cm³/mol. The number of halogens is 2. The number of benzene rings is 4. The van der Waals surface area contributed by atoms with Crippen LogP contribution in [0.1, 0.15) is 31.8 Å². The molecule has 4 heteroatoms. The molecule has 0 amide bonds. The SMILES string of the molecule is O=C(c1ccc(F)cc1)c1ccc2cc(C(=O)c3ccc(F)cc3)ccc2c1. The molecule has 0 saturated carbocycles. The smallest absolute Gasteiger partial charge is 0.193 e. The Labute approximate surface area is 160 Å². The van der Waals surface area contributed by atoms with E-state index < -0.39 is 11.6 Å². The quantitative estimate of drug-likeness (QED) is 0.438. The Hall–Kier alpha value is -3.66. The van der Waals surface area contributed by atoms with Gasteiger partial charge in [0.05, 0.1) is 0 Å². The summed E-state index contributed by atoms with van der Waals surface area (Å²) in [5.41, 5.74) is 1.78. The Morgan fingerprint density at radius 3 is 1.14 bits per heavy atom. The second-order valence-electron chi connectivity index (χ2n) is 6.45. The Bertz CT molecular complexity index is 1100. The molecule has 136 valence electrons. The van der Waals surface area contributed by atoms with E-state index in [0.717, 1.165) is 10.8 Å². The Morgan fingerprint density at radius 1 is 0.464 bits per heavy atom. The molecule has 4 rings (SSSR count). The van der Waals surface area contributed by atoms with Crippen molar-refractivity contribution in [3.8, 4) is 0 Å². The topological polar surface area (TPSA) is 34.1 Å². The van der Waals surface area contributed by atoms with Crippen molar-refractivity contribution in [3.63, 3.8) is 0 Å². The minimum atomic E-state index is -0.395. The van der Waals surface area contributed by atoms with Crippen molar-refractivity contribution in [1.82, 2.24) is 0 Å². The minimum Gasteiger partial charge on any atom is -0.289 e. The molecule has 0 bridgehead atoms. The van der Waals surface area contributed by atoms with E-state index in [0.29, 0.717) is 22.3 Å². The second-order valence-corrected chi connectivity index (χ2v) is 6.45. The van der Waals surface area contributed by atoms with Crippen LogP contribution in [-0.2, 0) is 0 Å². The lowest BCUT2D eigenvalue weighted by Crippen LogP contribution is -2.02. The molecule has 0 N–H and O–H groups in total. The normalized spacial score (nSPS) is 10.8. The third-order valence-electron chi connectivity index (χ3n) is 4.58. The van der Waals surface area contributed by atoms with Gasteiger partial charge in [0.2, 0.25) is 0 Å². The summed E-state index contributed by atoms with van der Waals surface area (Å²) in [4.78, 5) is 25.2. The van der Waals surface area contributed by atoms with Gasteiger partial charge in [-0.1, -0.05) is 24.3 Å². The summed E-state index contributed by atoms with van der Waals surface area (Å²) >= 11 is 0. The third kappa shape index (κ3) is 3.45. The maximum absolute atomic E-state index is 13.0. The van der Waals surface area contributed by atoms with E-state index in [4.69, 9.17) is 0 Å². The van der Waals surface area contributed by atoms with Gasteiger partial charge in [-0.3, -0.25) is 9.59 Å². The number of carbonyl (C=O) groups is 2. The molecule has 2 nitrogen and oxygen atoms in total. The number of hydrogen-bond donors (Lipinski definition) is 0. The average molecular weight is 372 g/mol.